The summed E-state index contributed by atoms with van der Waals surface area (Å²) in [7, 11) is 0. The standard InChI is InChI=1S/C19H16F2N4OS/c1-10(26)23-18-24-14-8-7-11-9-22-17(25-15(11)16(14)27-18)12-5-3-4-6-13(12)19(2,20)21/h3-6,9H,7-8H2,1-2H3,(H,23,24,26). The van der Waals surface area contributed by atoms with Crippen LogP contribution in [-0.2, 0) is 23.6 Å². The molecule has 1 aliphatic rings. The fraction of sp³-hybridized carbons (Fsp3) is 0.263. The van der Waals surface area contributed by atoms with Gasteiger partial charge in [-0.05, 0) is 18.4 Å². The predicted molar refractivity (Wildman–Crippen MR) is 99.9 cm³/mol. The molecule has 0 spiro atoms. The lowest BCUT2D eigenvalue weighted by atomic mass is 9.98. The topological polar surface area (TPSA) is 67.8 Å². The fourth-order valence-electron chi connectivity index (χ4n) is 3.14. The van der Waals surface area contributed by atoms with E-state index in [4.69, 9.17) is 0 Å². The van der Waals surface area contributed by atoms with Crippen LogP contribution in [0.4, 0.5) is 13.9 Å². The molecule has 138 valence electrons. The van der Waals surface area contributed by atoms with Crippen LogP contribution in [0.5, 0.6) is 0 Å². The molecule has 4 rings (SSSR count). The minimum absolute atomic E-state index is 0.107. The number of anilines is 1. The summed E-state index contributed by atoms with van der Waals surface area (Å²) < 4.78 is 28.0. The molecule has 8 heteroatoms. The summed E-state index contributed by atoms with van der Waals surface area (Å²) in [5.74, 6) is -2.93. The summed E-state index contributed by atoms with van der Waals surface area (Å²) >= 11 is 1.34. The summed E-state index contributed by atoms with van der Waals surface area (Å²) in [5.41, 5.74) is 2.71. The highest BCUT2D eigenvalue weighted by atomic mass is 32.1. The van der Waals surface area contributed by atoms with E-state index in [1.54, 1.807) is 24.4 Å². The summed E-state index contributed by atoms with van der Waals surface area (Å²) in [6.45, 7) is 2.29. The van der Waals surface area contributed by atoms with Crippen LogP contribution in [0.3, 0.4) is 0 Å². The number of aryl methyl sites for hydroxylation is 2. The van der Waals surface area contributed by atoms with Crippen LogP contribution < -0.4 is 5.32 Å². The van der Waals surface area contributed by atoms with E-state index in [1.807, 2.05) is 0 Å². The third kappa shape index (κ3) is 3.32. The van der Waals surface area contributed by atoms with Gasteiger partial charge in [-0.15, -0.1) is 0 Å². The van der Waals surface area contributed by atoms with Crippen molar-refractivity contribution in [1.82, 2.24) is 15.0 Å². The van der Waals surface area contributed by atoms with Gasteiger partial charge in [0.05, 0.1) is 16.3 Å². The number of thiazole rings is 1. The molecule has 0 saturated heterocycles. The Labute approximate surface area is 158 Å². The molecule has 1 aliphatic carbocycles. The van der Waals surface area contributed by atoms with Crippen LogP contribution in [0.25, 0.3) is 22.0 Å². The van der Waals surface area contributed by atoms with Crippen molar-refractivity contribution in [3.05, 3.63) is 47.3 Å². The van der Waals surface area contributed by atoms with Crippen molar-refractivity contribution in [2.24, 2.45) is 0 Å². The number of carbonyl (C=O) groups excluding carboxylic acids is 1. The fourth-order valence-corrected chi connectivity index (χ4v) is 4.22. The quantitative estimate of drug-likeness (QED) is 0.723. The molecular formula is C19H16F2N4OS. The average molecular weight is 386 g/mol. The van der Waals surface area contributed by atoms with Crippen molar-refractivity contribution in [3.8, 4) is 22.0 Å². The second kappa shape index (κ2) is 6.45. The lowest BCUT2D eigenvalue weighted by Crippen LogP contribution is -2.11. The normalized spacial score (nSPS) is 13.0. The van der Waals surface area contributed by atoms with E-state index >= 15 is 0 Å². The van der Waals surface area contributed by atoms with Crippen LogP contribution in [-0.4, -0.2) is 20.9 Å². The summed E-state index contributed by atoms with van der Waals surface area (Å²) in [6.07, 6.45) is 3.14. The van der Waals surface area contributed by atoms with E-state index in [2.05, 4.69) is 20.3 Å². The maximum Gasteiger partial charge on any atom is 0.271 e. The zero-order valence-electron chi connectivity index (χ0n) is 14.7. The zero-order valence-corrected chi connectivity index (χ0v) is 15.5. The van der Waals surface area contributed by atoms with Crippen LogP contribution >= 0.6 is 11.3 Å². The SMILES string of the molecule is CC(=O)Nc1nc2c(s1)-c1nc(-c3ccccc3C(C)(F)F)ncc1CC2. The molecule has 0 saturated carbocycles. The average Bonchev–Trinajstić information content (AvgIpc) is 3.02. The number of halogens is 2. The molecule has 27 heavy (non-hydrogen) atoms. The number of hydrogen-bond donors (Lipinski definition) is 1. The van der Waals surface area contributed by atoms with Crippen LogP contribution in [0.15, 0.2) is 30.5 Å². The maximum atomic E-state index is 14.0. The number of nitrogens with zero attached hydrogens (tertiary/aromatic N) is 3. The predicted octanol–water partition coefficient (Wildman–Crippen LogP) is 4.44. The molecule has 0 unspecified atom stereocenters. The molecule has 0 fully saturated rings. The Hall–Kier alpha value is -2.74. The molecule has 5 nitrogen and oxygen atoms in total. The van der Waals surface area contributed by atoms with E-state index < -0.39 is 5.92 Å². The lowest BCUT2D eigenvalue weighted by Gasteiger charge is -2.17. The molecule has 1 N–H and O–H groups in total. The van der Waals surface area contributed by atoms with Crippen molar-refractivity contribution in [2.45, 2.75) is 32.6 Å². The van der Waals surface area contributed by atoms with E-state index in [1.165, 1.54) is 24.3 Å². The number of rotatable bonds is 3. The van der Waals surface area contributed by atoms with E-state index in [0.717, 1.165) is 35.9 Å². The first-order chi connectivity index (χ1) is 12.8. The highest BCUT2D eigenvalue weighted by molar-refractivity contribution is 7.19. The smallest absolute Gasteiger partial charge is 0.271 e. The number of amides is 1. The number of alkyl halides is 2. The molecule has 2 heterocycles. The van der Waals surface area contributed by atoms with Crippen molar-refractivity contribution in [2.75, 3.05) is 5.32 Å². The van der Waals surface area contributed by atoms with Crippen LogP contribution in [0, 0.1) is 0 Å². The lowest BCUT2D eigenvalue weighted by molar-refractivity contribution is -0.114. The first-order valence-electron chi connectivity index (χ1n) is 8.44. The number of nitrogens with one attached hydrogen (secondary N) is 1. The maximum absolute atomic E-state index is 14.0. The van der Waals surface area contributed by atoms with Crippen molar-refractivity contribution < 1.29 is 13.6 Å². The summed E-state index contributed by atoms with van der Waals surface area (Å²) in [5, 5.41) is 3.21. The summed E-state index contributed by atoms with van der Waals surface area (Å²) in [4.78, 5) is 25.5. The van der Waals surface area contributed by atoms with Crippen LogP contribution in [0.1, 0.15) is 30.7 Å². The largest absolute Gasteiger partial charge is 0.302 e. The van der Waals surface area contributed by atoms with E-state index in [-0.39, 0.29) is 17.3 Å². The molecule has 3 aromatic rings. The van der Waals surface area contributed by atoms with Gasteiger partial charge in [0.2, 0.25) is 5.91 Å². The highest BCUT2D eigenvalue weighted by Crippen LogP contribution is 2.40. The number of carbonyl (C=O) groups is 1. The number of aromatic nitrogens is 3. The van der Waals surface area contributed by atoms with Crippen molar-refractivity contribution in [1.29, 1.82) is 0 Å². The Kier molecular flexibility index (Phi) is 4.22. The Morgan fingerprint density at radius 1 is 1.22 bits per heavy atom. The zero-order chi connectivity index (χ0) is 19.2. The minimum Gasteiger partial charge on any atom is -0.302 e. The summed E-state index contributed by atoms with van der Waals surface area (Å²) in [6, 6.07) is 6.27. The van der Waals surface area contributed by atoms with Gasteiger partial charge < -0.3 is 5.32 Å². The first kappa shape index (κ1) is 17.7. The molecule has 0 bridgehead atoms. The van der Waals surface area contributed by atoms with Gasteiger partial charge in [-0.2, -0.15) is 0 Å². The van der Waals surface area contributed by atoms with Gasteiger partial charge in [0, 0.05) is 31.2 Å². The molecular weight excluding hydrogens is 370 g/mol. The van der Waals surface area contributed by atoms with E-state index in [9.17, 15) is 13.6 Å². The van der Waals surface area contributed by atoms with Crippen molar-refractivity contribution >= 4 is 22.4 Å². The van der Waals surface area contributed by atoms with Gasteiger partial charge in [0.25, 0.3) is 5.92 Å². The molecule has 0 atom stereocenters. The van der Waals surface area contributed by atoms with Gasteiger partial charge in [0.1, 0.15) is 0 Å². The Bertz CT molecular complexity index is 1040. The number of benzene rings is 1. The minimum atomic E-state index is -3.00. The highest BCUT2D eigenvalue weighted by Gasteiger charge is 2.29. The van der Waals surface area contributed by atoms with Crippen molar-refractivity contribution in [3.63, 3.8) is 0 Å². The van der Waals surface area contributed by atoms with Gasteiger partial charge in [-0.1, -0.05) is 35.6 Å². The van der Waals surface area contributed by atoms with Gasteiger partial charge >= 0.3 is 0 Å². The van der Waals surface area contributed by atoms with Gasteiger partial charge in [-0.3, -0.25) is 4.79 Å². The van der Waals surface area contributed by atoms with Gasteiger partial charge in [-0.25, -0.2) is 23.7 Å². The van der Waals surface area contributed by atoms with E-state index in [0.29, 0.717) is 16.4 Å². The van der Waals surface area contributed by atoms with Crippen LogP contribution in [0.2, 0.25) is 0 Å². The Morgan fingerprint density at radius 3 is 2.74 bits per heavy atom. The second-order valence-electron chi connectivity index (χ2n) is 6.48. The molecule has 2 aromatic heterocycles. The number of fused-ring (bicyclic) bond motifs is 3. The second-order valence-corrected chi connectivity index (χ2v) is 7.48. The molecule has 1 amide bonds. The third-order valence-electron chi connectivity index (χ3n) is 4.33. The Balaban J connectivity index is 1.82. The van der Waals surface area contributed by atoms with Gasteiger partial charge in [0.15, 0.2) is 11.0 Å². The molecule has 1 aromatic carbocycles. The molecule has 0 radical (unpaired) electrons. The Morgan fingerprint density at radius 2 is 2.00 bits per heavy atom. The first-order valence-corrected chi connectivity index (χ1v) is 9.26. The third-order valence-corrected chi connectivity index (χ3v) is 5.35. The number of hydrogen-bond acceptors (Lipinski definition) is 5. The molecule has 0 aliphatic heterocycles. The monoisotopic (exact) mass is 386 g/mol.